The zero-order chi connectivity index (χ0) is 12.4. The van der Waals surface area contributed by atoms with Gasteiger partial charge in [0.25, 0.3) is 5.91 Å². The normalized spacial score (nSPS) is 16.9. The molecule has 18 heavy (non-hydrogen) atoms. The lowest BCUT2D eigenvalue weighted by molar-refractivity contribution is 0.0822. The Kier molecular flexibility index (Phi) is 2.67. The van der Waals surface area contributed by atoms with Crippen LogP contribution in [0.5, 0.6) is 0 Å². The molecule has 92 valence electrons. The summed E-state index contributed by atoms with van der Waals surface area (Å²) in [6, 6.07) is 11.9. The summed E-state index contributed by atoms with van der Waals surface area (Å²) in [5, 5.41) is 3.15. The second-order valence-corrected chi connectivity index (χ2v) is 4.77. The molecular weight excluding hydrogens is 226 g/mol. The highest BCUT2D eigenvalue weighted by molar-refractivity contribution is 5.94. The van der Waals surface area contributed by atoms with Crippen molar-refractivity contribution < 1.29 is 9.21 Å². The average Bonchev–Trinajstić information content (AvgIpc) is 2.88. The largest absolute Gasteiger partial charge is 0.472 e. The van der Waals surface area contributed by atoms with Crippen LogP contribution in [0.25, 0.3) is 0 Å². The molecule has 3 heteroatoms. The second-order valence-electron chi connectivity index (χ2n) is 4.77. The van der Waals surface area contributed by atoms with E-state index in [0.717, 1.165) is 19.3 Å². The Labute approximate surface area is 106 Å². The van der Waals surface area contributed by atoms with Crippen LogP contribution in [0, 0.1) is 0 Å². The van der Waals surface area contributed by atoms with E-state index < -0.39 is 0 Å². The summed E-state index contributed by atoms with van der Waals surface area (Å²) in [6.07, 6.45) is 6.15. The van der Waals surface area contributed by atoms with Crippen molar-refractivity contribution in [3.63, 3.8) is 0 Å². The van der Waals surface area contributed by atoms with Crippen molar-refractivity contribution in [3.8, 4) is 0 Å². The van der Waals surface area contributed by atoms with Crippen LogP contribution in [-0.4, -0.2) is 5.91 Å². The highest BCUT2D eigenvalue weighted by atomic mass is 16.3. The van der Waals surface area contributed by atoms with Crippen molar-refractivity contribution in [2.24, 2.45) is 0 Å². The summed E-state index contributed by atoms with van der Waals surface area (Å²) in [4.78, 5) is 12.1. The molecular formula is C15H15NO2. The lowest BCUT2D eigenvalue weighted by Crippen LogP contribution is -2.50. The van der Waals surface area contributed by atoms with Crippen LogP contribution in [0.2, 0.25) is 0 Å². The summed E-state index contributed by atoms with van der Waals surface area (Å²) < 4.78 is 4.95. The lowest BCUT2D eigenvalue weighted by Gasteiger charge is -2.43. The van der Waals surface area contributed by atoms with Gasteiger partial charge in [-0.25, -0.2) is 0 Å². The van der Waals surface area contributed by atoms with Crippen LogP contribution in [-0.2, 0) is 5.54 Å². The third kappa shape index (κ3) is 1.82. The van der Waals surface area contributed by atoms with E-state index in [1.165, 1.54) is 18.1 Å². The molecule has 1 aliphatic rings. The van der Waals surface area contributed by atoms with E-state index in [0.29, 0.717) is 5.56 Å². The van der Waals surface area contributed by atoms with Gasteiger partial charge >= 0.3 is 0 Å². The Balaban J connectivity index is 1.83. The quantitative estimate of drug-likeness (QED) is 0.897. The Morgan fingerprint density at radius 3 is 2.50 bits per heavy atom. The fourth-order valence-corrected chi connectivity index (χ4v) is 2.46. The van der Waals surface area contributed by atoms with Gasteiger partial charge < -0.3 is 9.73 Å². The van der Waals surface area contributed by atoms with Crippen molar-refractivity contribution in [2.75, 3.05) is 0 Å². The molecule has 0 spiro atoms. The molecule has 0 bridgehead atoms. The molecule has 1 fully saturated rings. The van der Waals surface area contributed by atoms with Crippen molar-refractivity contribution in [1.82, 2.24) is 5.32 Å². The zero-order valence-corrected chi connectivity index (χ0v) is 10.1. The number of hydrogen-bond acceptors (Lipinski definition) is 2. The van der Waals surface area contributed by atoms with Gasteiger partial charge in [-0.15, -0.1) is 0 Å². The highest BCUT2D eigenvalue weighted by Gasteiger charge is 2.40. The van der Waals surface area contributed by atoms with Crippen LogP contribution in [0.1, 0.15) is 35.2 Å². The predicted molar refractivity (Wildman–Crippen MR) is 68.1 cm³/mol. The Morgan fingerprint density at radius 1 is 1.17 bits per heavy atom. The molecule has 1 amide bonds. The number of carbonyl (C=O) groups excluding carboxylic acids is 1. The van der Waals surface area contributed by atoms with E-state index in [2.05, 4.69) is 17.4 Å². The van der Waals surface area contributed by atoms with Crippen LogP contribution in [0.3, 0.4) is 0 Å². The molecule has 0 saturated heterocycles. The summed E-state index contributed by atoms with van der Waals surface area (Å²) in [7, 11) is 0. The molecule has 3 nitrogen and oxygen atoms in total. The molecule has 0 unspecified atom stereocenters. The van der Waals surface area contributed by atoms with Gasteiger partial charge in [-0.3, -0.25) is 4.79 Å². The van der Waals surface area contributed by atoms with Gasteiger partial charge in [0, 0.05) is 0 Å². The van der Waals surface area contributed by atoms with Gasteiger partial charge in [0.1, 0.15) is 6.26 Å². The van der Waals surface area contributed by atoms with Gasteiger partial charge in [-0.2, -0.15) is 0 Å². The first-order valence-corrected chi connectivity index (χ1v) is 6.20. The van der Waals surface area contributed by atoms with Gasteiger partial charge in [-0.1, -0.05) is 30.3 Å². The maximum Gasteiger partial charge on any atom is 0.255 e. The van der Waals surface area contributed by atoms with Crippen molar-refractivity contribution >= 4 is 5.91 Å². The lowest BCUT2D eigenvalue weighted by atomic mass is 9.71. The molecule has 1 aliphatic carbocycles. The minimum Gasteiger partial charge on any atom is -0.472 e. The number of benzene rings is 1. The third-order valence-corrected chi connectivity index (χ3v) is 3.67. The minimum absolute atomic E-state index is 0.0627. The first kappa shape index (κ1) is 11.1. The highest BCUT2D eigenvalue weighted by Crippen LogP contribution is 2.41. The molecule has 1 aromatic carbocycles. The first-order chi connectivity index (χ1) is 8.80. The van der Waals surface area contributed by atoms with Gasteiger partial charge in [0.05, 0.1) is 17.4 Å². The predicted octanol–water partition coefficient (Wildman–Crippen LogP) is 3.09. The van der Waals surface area contributed by atoms with Crippen LogP contribution < -0.4 is 5.32 Å². The average molecular weight is 241 g/mol. The molecule has 1 saturated carbocycles. The Hall–Kier alpha value is -2.03. The number of carbonyl (C=O) groups is 1. The molecule has 0 radical (unpaired) electrons. The Morgan fingerprint density at radius 2 is 1.94 bits per heavy atom. The Bertz CT molecular complexity index is 527. The monoisotopic (exact) mass is 241 g/mol. The van der Waals surface area contributed by atoms with E-state index >= 15 is 0 Å². The van der Waals surface area contributed by atoms with Crippen molar-refractivity contribution in [2.45, 2.75) is 24.8 Å². The second kappa shape index (κ2) is 4.33. The maximum atomic E-state index is 12.1. The van der Waals surface area contributed by atoms with E-state index in [9.17, 15) is 4.79 Å². The van der Waals surface area contributed by atoms with Gasteiger partial charge in [-0.05, 0) is 30.9 Å². The molecule has 0 aliphatic heterocycles. The van der Waals surface area contributed by atoms with Crippen LogP contribution in [0.15, 0.2) is 53.3 Å². The van der Waals surface area contributed by atoms with Crippen LogP contribution in [0.4, 0.5) is 0 Å². The first-order valence-electron chi connectivity index (χ1n) is 6.20. The number of hydrogen-bond donors (Lipinski definition) is 1. The maximum absolute atomic E-state index is 12.1. The summed E-state index contributed by atoms with van der Waals surface area (Å²) in [5.41, 5.74) is 1.58. The topological polar surface area (TPSA) is 42.2 Å². The smallest absolute Gasteiger partial charge is 0.255 e. The fourth-order valence-electron chi connectivity index (χ4n) is 2.46. The number of rotatable bonds is 3. The zero-order valence-electron chi connectivity index (χ0n) is 10.1. The summed E-state index contributed by atoms with van der Waals surface area (Å²) >= 11 is 0. The number of nitrogens with one attached hydrogen (secondary N) is 1. The number of furan rings is 1. The molecule has 1 N–H and O–H groups in total. The standard InChI is InChI=1S/C15H15NO2/c17-14(12-7-10-18-11-12)16-15(8-4-9-15)13-5-2-1-3-6-13/h1-3,5-7,10-11H,4,8-9H2,(H,16,17). The minimum atomic E-state index is -0.185. The third-order valence-electron chi connectivity index (χ3n) is 3.67. The van der Waals surface area contributed by atoms with Crippen molar-refractivity contribution in [1.29, 1.82) is 0 Å². The number of amides is 1. The molecule has 1 aromatic heterocycles. The molecule has 1 heterocycles. The van der Waals surface area contributed by atoms with E-state index in [-0.39, 0.29) is 11.4 Å². The summed E-state index contributed by atoms with van der Waals surface area (Å²) in [6.45, 7) is 0. The molecule has 2 aromatic rings. The van der Waals surface area contributed by atoms with Crippen molar-refractivity contribution in [3.05, 3.63) is 60.1 Å². The van der Waals surface area contributed by atoms with E-state index in [1.54, 1.807) is 6.07 Å². The van der Waals surface area contributed by atoms with Crippen LogP contribution >= 0.6 is 0 Å². The van der Waals surface area contributed by atoms with Gasteiger partial charge in [0.15, 0.2) is 0 Å². The molecule has 3 rings (SSSR count). The molecule has 0 atom stereocenters. The van der Waals surface area contributed by atoms with Gasteiger partial charge in [0.2, 0.25) is 0 Å². The van der Waals surface area contributed by atoms with E-state index in [1.807, 2.05) is 18.2 Å². The SMILES string of the molecule is O=C(NC1(c2ccccc2)CCC1)c1ccoc1. The van der Waals surface area contributed by atoms with E-state index in [4.69, 9.17) is 4.42 Å². The fraction of sp³-hybridized carbons (Fsp3) is 0.267. The summed E-state index contributed by atoms with van der Waals surface area (Å²) in [5.74, 6) is -0.0627.